The van der Waals surface area contributed by atoms with Crippen molar-refractivity contribution >= 4 is 33.4 Å². The topological polar surface area (TPSA) is 4.93 Å². The highest BCUT2D eigenvalue weighted by Gasteiger charge is 2.16. The number of rotatable bonds is 3. The highest BCUT2D eigenvalue weighted by Crippen LogP contribution is 2.38. The molecule has 0 saturated carbocycles. The first-order valence-corrected chi connectivity index (χ1v) is 11.1. The lowest BCUT2D eigenvalue weighted by Gasteiger charge is -2.16. The van der Waals surface area contributed by atoms with Crippen LogP contribution in [-0.2, 0) is 0 Å². The molecular weight excluding hydrogens is 410 g/mol. The molecule has 1 nitrogen and oxygen atoms in total. The monoisotopic (exact) mass is 429 g/mol. The van der Waals surface area contributed by atoms with Crippen LogP contribution in [0.2, 0.25) is 5.02 Å². The third kappa shape index (κ3) is 3.10. The van der Waals surface area contributed by atoms with Gasteiger partial charge in [0.15, 0.2) is 0 Å². The van der Waals surface area contributed by atoms with Gasteiger partial charge < -0.3 is 4.57 Å². The first kappa shape index (κ1) is 18.9. The average molecular weight is 430 g/mol. The molecule has 1 heterocycles. The molecule has 0 aliphatic rings. The van der Waals surface area contributed by atoms with Gasteiger partial charge in [0.1, 0.15) is 0 Å². The Hall–Kier alpha value is -3.81. The maximum absolute atomic E-state index is 6.45. The quantitative estimate of drug-likeness (QED) is 0.265. The molecule has 0 atom stereocenters. The van der Waals surface area contributed by atoms with Crippen molar-refractivity contribution in [1.29, 1.82) is 0 Å². The second-order valence-electron chi connectivity index (χ2n) is 7.98. The van der Waals surface area contributed by atoms with E-state index >= 15 is 0 Å². The van der Waals surface area contributed by atoms with E-state index in [1.54, 1.807) is 0 Å². The number of aromatic nitrogens is 1. The van der Waals surface area contributed by atoms with Crippen molar-refractivity contribution in [2.24, 2.45) is 0 Å². The van der Waals surface area contributed by atoms with Crippen LogP contribution in [0.25, 0.3) is 49.7 Å². The van der Waals surface area contributed by atoms with Gasteiger partial charge >= 0.3 is 0 Å². The van der Waals surface area contributed by atoms with E-state index in [1.165, 1.54) is 38.5 Å². The predicted octanol–water partition coefficient (Wildman–Crippen LogP) is 8.77. The van der Waals surface area contributed by atoms with Crippen LogP contribution in [0.1, 0.15) is 0 Å². The molecular formula is C30H20ClN. The van der Waals surface area contributed by atoms with Gasteiger partial charge in [-0.1, -0.05) is 103 Å². The van der Waals surface area contributed by atoms with Gasteiger partial charge in [-0.25, -0.2) is 0 Å². The minimum absolute atomic E-state index is 0.740. The summed E-state index contributed by atoms with van der Waals surface area (Å²) >= 11 is 6.45. The zero-order valence-electron chi connectivity index (χ0n) is 17.4. The predicted molar refractivity (Wildman–Crippen MR) is 137 cm³/mol. The number of hydrogen-bond donors (Lipinski definition) is 0. The number of fused-ring (bicyclic) bond motifs is 3. The van der Waals surface area contributed by atoms with Gasteiger partial charge in [-0.05, 0) is 47.0 Å². The summed E-state index contributed by atoms with van der Waals surface area (Å²) in [5, 5.41) is 3.17. The van der Waals surface area contributed by atoms with Gasteiger partial charge in [0.2, 0.25) is 0 Å². The van der Waals surface area contributed by atoms with Crippen LogP contribution < -0.4 is 0 Å². The van der Waals surface area contributed by atoms with E-state index in [2.05, 4.69) is 120 Å². The van der Waals surface area contributed by atoms with Crippen molar-refractivity contribution in [3.63, 3.8) is 0 Å². The van der Waals surface area contributed by atoms with E-state index in [0.717, 1.165) is 16.2 Å². The fourth-order valence-electron chi connectivity index (χ4n) is 4.59. The van der Waals surface area contributed by atoms with Gasteiger partial charge in [-0.15, -0.1) is 0 Å². The summed E-state index contributed by atoms with van der Waals surface area (Å²) in [7, 11) is 0. The lowest BCUT2D eigenvalue weighted by Crippen LogP contribution is -1.98. The molecule has 0 unspecified atom stereocenters. The smallest absolute Gasteiger partial charge is 0.0556 e. The molecule has 6 rings (SSSR count). The van der Waals surface area contributed by atoms with Crippen molar-refractivity contribution in [1.82, 2.24) is 4.57 Å². The molecule has 2 heteroatoms. The van der Waals surface area contributed by atoms with E-state index in [4.69, 9.17) is 11.6 Å². The largest absolute Gasteiger partial charge is 0.309 e. The Bertz CT molecular complexity index is 1560. The SMILES string of the molecule is Clc1ccc2c3ccccc3n(-c3ccc(-c4ccccc4)cc3-c3ccccc3)c2c1. The van der Waals surface area contributed by atoms with Crippen molar-refractivity contribution in [2.45, 2.75) is 0 Å². The van der Waals surface area contributed by atoms with Crippen molar-refractivity contribution in [3.8, 4) is 27.9 Å². The molecule has 0 aliphatic carbocycles. The molecule has 152 valence electrons. The minimum atomic E-state index is 0.740. The van der Waals surface area contributed by atoms with Crippen LogP contribution in [0.3, 0.4) is 0 Å². The third-order valence-corrected chi connectivity index (χ3v) is 6.30. The van der Waals surface area contributed by atoms with Gasteiger partial charge in [0.05, 0.1) is 16.7 Å². The van der Waals surface area contributed by atoms with E-state index < -0.39 is 0 Å². The molecule has 1 aromatic heterocycles. The Labute approximate surface area is 192 Å². The number of benzene rings is 5. The molecule has 0 fully saturated rings. The molecule has 6 aromatic rings. The van der Waals surface area contributed by atoms with Crippen LogP contribution in [-0.4, -0.2) is 4.57 Å². The van der Waals surface area contributed by atoms with Gasteiger partial charge in [-0.2, -0.15) is 0 Å². The molecule has 32 heavy (non-hydrogen) atoms. The summed E-state index contributed by atoms with van der Waals surface area (Å²) in [4.78, 5) is 0. The number of nitrogens with zero attached hydrogens (tertiary/aromatic N) is 1. The molecule has 0 bridgehead atoms. The zero-order valence-corrected chi connectivity index (χ0v) is 18.1. The van der Waals surface area contributed by atoms with Gasteiger partial charge in [-0.3, -0.25) is 0 Å². The Morgan fingerprint density at radius 2 is 1.12 bits per heavy atom. The van der Waals surface area contributed by atoms with E-state index in [0.29, 0.717) is 0 Å². The minimum Gasteiger partial charge on any atom is -0.309 e. The summed E-state index contributed by atoms with van der Waals surface area (Å²) in [5.41, 5.74) is 8.22. The summed E-state index contributed by atoms with van der Waals surface area (Å²) in [6.45, 7) is 0. The number of para-hydroxylation sites is 1. The van der Waals surface area contributed by atoms with E-state index in [-0.39, 0.29) is 0 Å². The van der Waals surface area contributed by atoms with Crippen LogP contribution in [0, 0.1) is 0 Å². The van der Waals surface area contributed by atoms with Crippen molar-refractivity contribution in [2.75, 3.05) is 0 Å². The fraction of sp³-hybridized carbons (Fsp3) is 0. The lowest BCUT2D eigenvalue weighted by molar-refractivity contribution is 1.18. The van der Waals surface area contributed by atoms with E-state index in [9.17, 15) is 0 Å². The first-order chi connectivity index (χ1) is 15.8. The molecule has 0 radical (unpaired) electrons. The molecule has 0 amide bonds. The van der Waals surface area contributed by atoms with Gasteiger partial charge in [0, 0.05) is 21.4 Å². The van der Waals surface area contributed by atoms with E-state index in [1.807, 2.05) is 6.07 Å². The normalized spacial score (nSPS) is 11.3. The third-order valence-electron chi connectivity index (χ3n) is 6.07. The van der Waals surface area contributed by atoms with Gasteiger partial charge in [0.25, 0.3) is 0 Å². The first-order valence-electron chi connectivity index (χ1n) is 10.7. The highest BCUT2D eigenvalue weighted by molar-refractivity contribution is 6.31. The highest BCUT2D eigenvalue weighted by atomic mass is 35.5. The average Bonchev–Trinajstić information content (AvgIpc) is 3.18. The van der Waals surface area contributed by atoms with Crippen LogP contribution in [0.15, 0.2) is 121 Å². The summed E-state index contributed by atoms with van der Waals surface area (Å²) in [6, 6.07) is 42.6. The second kappa shape index (κ2) is 7.71. The van der Waals surface area contributed by atoms with Crippen LogP contribution in [0.5, 0.6) is 0 Å². The Kier molecular flexibility index (Phi) is 4.56. The fourth-order valence-corrected chi connectivity index (χ4v) is 4.76. The maximum Gasteiger partial charge on any atom is 0.0556 e. The second-order valence-corrected chi connectivity index (χ2v) is 8.41. The maximum atomic E-state index is 6.45. The Balaban J connectivity index is 1.71. The van der Waals surface area contributed by atoms with Crippen LogP contribution >= 0.6 is 11.6 Å². The van der Waals surface area contributed by atoms with Crippen molar-refractivity contribution in [3.05, 3.63) is 126 Å². The molecule has 0 spiro atoms. The van der Waals surface area contributed by atoms with Crippen molar-refractivity contribution < 1.29 is 0 Å². The molecule has 0 N–H and O–H groups in total. The Morgan fingerprint density at radius 1 is 0.469 bits per heavy atom. The lowest BCUT2D eigenvalue weighted by atomic mass is 9.97. The van der Waals surface area contributed by atoms with Crippen LogP contribution in [0.4, 0.5) is 0 Å². The standard InChI is InChI=1S/C30H20ClN/c31-24-16-17-26-25-13-7-8-14-28(25)32(30(26)20-24)29-18-15-23(21-9-3-1-4-10-21)19-27(29)22-11-5-2-6-12-22/h1-20H. The summed E-state index contributed by atoms with van der Waals surface area (Å²) < 4.78 is 2.34. The summed E-state index contributed by atoms with van der Waals surface area (Å²) in [5.74, 6) is 0. The molecule has 0 aliphatic heterocycles. The molecule has 5 aromatic carbocycles. The molecule has 0 saturated heterocycles. The Morgan fingerprint density at radius 3 is 1.91 bits per heavy atom. The number of hydrogen-bond acceptors (Lipinski definition) is 0. The number of halogens is 1. The zero-order chi connectivity index (χ0) is 21.5. The summed E-state index contributed by atoms with van der Waals surface area (Å²) in [6.07, 6.45) is 0.